The maximum atomic E-state index is 13.3. The molecule has 0 atom stereocenters. The normalized spacial score (nSPS) is 15.8. The van der Waals surface area contributed by atoms with Gasteiger partial charge >= 0.3 is 0 Å². The van der Waals surface area contributed by atoms with Gasteiger partial charge in [-0.1, -0.05) is 24.3 Å². The van der Waals surface area contributed by atoms with Gasteiger partial charge in [0.15, 0.2) is 0 Å². The number of halogens is 1. The van der Waals surface area contributed by atoms with E-state index in [0.717, 1.165) is 16.7 Å². The van der Waals surface area contributed by atoms with Crippen molar-refractivity contribution in [1.29, 1.82) is 0 Å². The molecule has 0 bridgehead atoms. The molecule has 1 N–H and O–H groups in total. The maximum absolute atomic E-state index is 13.3. The number of benzene rings is 2. The maximum Gasteiger partial charge on any atom is 0.295 e. The summed E-state index contributed by atoms with van der Waals surface area (Å²) in [4.78, 5) is 25.9. The standard InChI is InChI=1S/C18H15FN2O3S/c1-24-15-8-3-2-7-14(15)20-11-21-17(22)16(25-18(21)23)10-12-5-4-6-13(19)9-12/h2-10,20H,11H2,1H3. The molecule has 0 aliphatic carbocycles. The highest BCUT2D eigenvalue weighted by Crippen LogP contribution is 2.32. The van der Waals surface area contributed by atoms with Crippen LogP contribution in [0.25, 0.3) is 6.08 Å². The molecule has 0 saturated carbocycles. The molecule has 5 nitrogen and oxygen atoms in total. The number of carbonyl (C=O) groups excluding carboxylic acids is 2. The van der Waals surface area contributed by atoms with Crippen LogP contribution < -0.4 is 10.1 Å². The van der Waals surface area contributed by atoms with Gasteiger partial charge in [0, 0.05) is 0 Å². The Morgan fingerprint density at radius 1 is 1.20 bits per heavy atom. The average Bonchev–Trinajstić information content (AvgIpc) is 2.87. The molecule has 1 aliphatic rings. The van der Waals surface area contributed by atoms with Crippen molar-refractivity contribution in [1.82, 2.24) is 4.90 Å². The monoisotopic (exact) mass is 358 g/mol. The molecule has 0 unspecified atom stereocenters. The Balaban J connectivity index is 1.73. The van der Waals surface area contributed by atoms with E-state index in [9.17, 15) is 14.0 Å². The minimum Gasteiger partial charge on any atom is -0.495 e. The lowest BCUT2D eigenvalue weighted by atomic mass is 10.2. The third-order valence-electron chi connectivity index (χ3n) is 3.55. The Kier molecular flexibility index (Phi) is 5.04. The summed E-state index contributed by atoms with van der Waals surface area (Å²) in [6.45, 7) is 0.0194. The van der Waals surface area contributed by atoms with E-state index in [1.54, 1.807) is 31.4 Å². The number of hydrogen-bond acceptors (Lipinski definition) is 5. The number of ether oxygens (including phenoxy) is 1. The van der Waals surface area contributed by atoms with Crippen LogP contribution in [0.2, 0.25) is 0 Å². The smallest absolute Gasteiger partial charge is 0.295 e. The molecule has 2 amide bonds. The van der Waals surface area contributed by atoms with E-state index in [2.05, 4.69) is 5.32 Å². The van der Waals surface area contributed by atoms with Gasteiger partial charge < -0.3 is 10.1 Å². The largest absolute Gasteiger partial charge is 0.495 e. The van der Waals surface area contributed by atoms with Gasteiger partial charge in [-0.05, 0) is 47.7 Å². The first-order valence-corrected chi connectivity index (χ1v) is 8.28. The number of para-hydroxylation sites is 2. The van der Waals surface area contributed by atoms with Gasteiger partial charge in [-0.3, -0.25) is 14.5 Å². The molecule has 2 aromatic rings. The first-order valence-electron chi connectivity index (χ1n) is 7.46. The summed E-state index contributed by atoms with van der Waals surface area (Å²) in [6.07, 6.45) is 1.51. The van der Waals surface area contributed by atoms with Crippen molar-refractivity contribution in [2.24, 2.45) is 0 Å². The zero-order valence-corrected chi connectivity index (χ0v) is 14.2. The van der Waals surface area contributed by atoms with Crippen molar-refractivity contribution in [3.8, 4) is 5.75 Å². The van der Waals surface area contributed by atoms with Crippen LogP contribution in [-0.4, -0.2) is 29.8 Å². The van der Waals surface area contributed by atoms with Crippen molar-refractivity contribution in [3.63, 3.8) is 0 Å². The van der Waals surface area contributed by atoms with Gasteiger partial charge in [-0.2, -0.15) is 0 Å². The highest BCUT2D eigenvalue weighted by Gasteiger charge is 2.34. The molecule has 2 aromatic carbocycles. The lowest BCUT2D eigenvalue weighted by Crippen LogP contribution is -2.33. The highest BCUT2D eigenvalue weighted by molar-refractivity contribution is 8.18. The molecule has 1 fully saturated rings. The Morgan fingerprint density at radius 2 is 2.00 bits per heavy atom. The zero-order chi connectivity index (χ0) is 17.8. The quantitative estimate of drug-likeness (QED) is 0.821. The molecule has 1 heterocycles. The van der Waals surface area contributed by atoms with Crippen LogP contribution >= 0.6 is 11.8 Å². The number of carbonyl (C=O) groups is 2. The predicted octanol–water partition coefficient (Wildman–Crippen LogP) is 3.94. The first kappa shape index (κ1) is 17.0. The first-order chi connectivity index (χ1) is 12.1. The lowest BCUT2D eigenvalue weighted by molar-refractivity contribution is -0.122. The van der Waals surface area contributed by atoms with Crippen molar-refractivity contribution in [3.05, 3.63) is 64.8 Å². The van der Waals surface area contributed by atoms with Crippen LogP contribution in [-0.2, 0) is 4.79 Å². The van der Waals surface area contributed by atoms with E-state index in [0.29, 0.717) is 17.0 Å². The molecule has 0 radical (unpaired) electrons. The Hall–Kier alpha value is -2.80. The number of imide groups is 1. The number of anilines is 1. The molecule has 0 aromatic heterocycles. The molecule has 1 aliphatic heterocycles. The lowest BCUT2D eigenvalue weighted by Gasteiger charge is -2.16. The minimum absolute atomic E-state index is 0.0194. The van der Waals surface area contributed by atoms with Crippen molar-refractivity contribution in [2.45, 2.75) is 0 Å². The van der Waals surface area contributed by atoms with E-state index >= 15 is 0 Å². The predicted molar refractivity (Wildman–Crippen MR) is 95.7 cm³/mol. The number of thioether (sulfide) groups is 1. The Bertz CT molecular complexity index is 854. The molecule has 128 valence electrons. The molecule has 0 spiro atoms. The van der Waals surface area contributed by atoms with Gasteiger partial charge in [0.25, 0.3) is 11.1 Å². The summed E-state index contributed by atoms with van der Waals surface area (Å²) in [5.74, 6) is -0.197. The molecule has 7 heteroatoms. The fourth-order valence-corrected chi connectivity index (χ4v) is 3.18. The second-order valence-corrected chi connectivity index (χ2v) is 6.19. The average molecular weight is 358 g/mol. The number of hydrogen-bond donors (Lipinski definition) is 1. The summed E-state index contributed by atoms with van der Waals surface area (Å²) in [5, 5.41) is 2.64. The van der Waals surface area contributed by atoms with E-state index < -0.39 is 11.7 Å². The minimum atomic E-state index is -0.415. The highest BCUT2D eigenvalue weighted by atomic mass is 32.2. The molecule has 1 saturated heterocycles. The third kappa shape index (κ3) is 3.83. The van der Waals surface area contributed by atoms with Crippen LogP contribution in [0.4, 0.5) is 14.9 Å². The van der Waals surface area contributed by atoms with Crippen LogP contribution in [0, 0.1) is 5.82 Å². The van der Waals surface area contributed by atoms with E-state index in [-0.39, 0.29) is 16.8 Å². The third-order valence-corrected chi connectivity index (χ3v) is 4.46. The second kappa shape index (κ2) is 7.40. The Labute approximate surface area is 148 Å². The van der Waals surface area contributed by atoms with Crippen LogP contribution in [0.3, 0.4) is 0 Å². The summed E-state index contributed by atoms with van der Waals surface area (Å²) in [7, 11) is 1.54. The Morgan fingerprint density at radius 3 is 2.76 bits per heavy atom. The summed E-state index contributed by atoms with van der Waals surface area (Å²) >= 11 is 0.832. The number of methoxy groups -OCH3 is 1. The number of nitrogens with zero attached hydrogens (tertiary/aromatic N) is 1. The van der Waals surface area contributed by atoms with Crippen LogP contribution in [0.1, 0.15) is 5.56 Å². The van der Waals surface area contributed by atoms with Crippen molar-refractivity contribution >= 4 is 34.7 Å². The van der Waals surface area contributed by atoms with Gasteiger partial charge in [-0.15, -0.1) is 0 Å². The molecular formula is C18H15FN2O3S. The number of rotatable bonds is 5. The van der Waals surface area contributed by atoms with E-state index in [1.807, 2.05) is 12.1 Å². The fourth-order valence-electron chi connectivity index (χ4n) is 2.34. The zero-order valence-electron chi connectivity index (χ0n) is 13.4. The number of amides is 2. The van der Waals surface area contributed by atoms with Crippen molar-refractivity contribution in [2.75, 3.05) is 19.1 Å². The van der Waals surface area contributed by atoms with Gasteiger partial charge in [0.1, 0.15) is 11.6 Å². The number of nitrogens with one attached hydrogen (secondary N) is 1. The molecule has 3 rings (SSSR count). The van der Waals surface area contributed by atoms with Gasteiger partial charge in [0.2, 0.25) is 0 Å². The molecule has 25 heavy (non-hydrogen) atoms. The van der Waals surface area contributed by atoms with Crippen LogP contribution in [0.5, 0.6) is 5.75 Å². The summed E-state index contributed by atoms with van der Waals surface area (Å²) in [5.41, 5.74) is 1.21. The summed E-state index contributed by atoms with van der Waals surface area (Å²) in [6, 6.07) is 13.1. The van der Waals surface area contributed by atoms with Crippen molar-refractivity contribution < 1.29 is 18.7 Å². The van der Waals surface area contributed by atoms with Crippen LogP contribution in [0.15, 0.2) is 53.4 Å². The van der Waals surface area contributed by atoms with E-state index in [1.165, 1.54) is 18.2 Å². The molecular weight excluding hydrogens is 343 g/mol. The van der Waals surface area contributed by atoms with E-state index in [4.69, 9.17) is 4.74 Å². The van der Waals surface area contributed by atoms with Gasteiger partial charge in [-0.25, -0.2) is 4.39 Å². The second-order valence-electron chi connectivity index (χ2n) is 5.20. The van der Waals surface area contributed by atoms with Gasteiger partial charge in [0.05, 0.1) is 24.4 Å². The fraction of sp³-hybridized carbons (Fsp3) is 0.111. The summed E-state index contributed by atoms with van der Waals surface area (Å²) < 4.78 is 18.5. The topological polar surface area (TPSA) is 58.6 Å². The SMILES string of the molecule is COc1ccccc1NCN1C(=O)SC(=Cc2cccc(F)c2)C1=O.